The molecule has 1 aromatic heterocycles. The number of ether oxygens (including phenoxy) is 1. The molecular formula is C18H22ClN3O. The Morgan fingerprint density at radius 1 is 1.22 bits per heavy atom. The van der Waals surface area contributed by atoms with Gasteiger partial charge in [0.2, 0.25) is 0 Å². The molecular weight excluding hydrogens is 310 g/mol. The van der Waals surface area contributed by atoms with E-state index in [1.54, 1.807) is 6.20 Å². The Bertz CT molecular complexity index is 684. The van der Waals surface area contributed by atoms with Crippen LogP contribution in [0.2, 0.25) is 5.02 Å². The van der Waals surface area contributed by atoms with Crippen LogP contribution in [0.25, 0.3) is 0 Å². The molecule has 3 rings (SSSR count). The molecule has 0 bridgehead atoms. The van der Waals surface area contributed by atoms with Crippen LogP contribution in [0.5, 0.6) is 0 Å². The van der Waals surface area contributed by atoms with E-state index in [4.69, 9.17) is 16.3 Å². The van der Waals surface area contributed by atoms with Gasteiger partial charge < -0.3 is 10.1 Å². The molecule has 1 aliphatic heterocycles. The van der Waals surface area contributed by atoms with Crippen molar-refractivity contribution < 1.29 is 4.74 Å². The minimum absolute atomic E-state index is 0.0333. The van der Waals surface area contributed by atoms with Crippen molar-refractivity contribution in [2.45, 2.75) is 32.1 Å². The number of nitrogens with zero attached hydrogens (tertiary/aromatic N) is 2. The van der Waals surface area contributed by atoms with Crippen molar-refractivity contribution in [1.29, 1.82) is 0 Å². The quantitative estimate of drug-likeness (QED) is 0.922. The SMILES string of the molecule is Cc1cnc(C)c(NCC2(c3ccccc3Cl)CCOCC2)n1. The maximum Gasteiger partial charge on any atom is 0.147 e. The average molecular weight is 332 g/mol. The highest BCUT2D eigenvalue weighted by atomic mass is 35.5. The average Bonchev–Trinajstić information content (AvgIpc) is 2.57. The highest BCUT2D eigenvalue weighted by molar-refractivity contribution is 6.31. The summed E-state index contributed by atoms with van der Waals surface area (Å²) in [5.41, 5.74) is 2.98. The highest BCUT2D eigenvalue weighted by Crippen LogP contribution is 2.38. The van der Waals surface area contributed by atoms with Crippen LogP contribution in [-0.4, -0.2) is 29.7 Å². The first-order valence-electron chi connectivity index (χ1n) is 7.98. The minimum atomic E-state index is -0.0333. The van der Waals surface area contributed by atoms with Gasteiger partial charge in [0.25, 0.3) is 0 Å². The predicted molar refractivity (Wildman–Crippen MR) is 93.2 cm³/mol. The summed E-state index contributed by atoms with van der Waals surface area (Å²) in [7, 11) is 0. The number of nitrogens with one attached hydrogen (secondary N) is 1. The predicted octanol–water partition coefficient (Wildman–Crippen LogP) is 3.91. The van der Waals surface area contributed by atoms with E-state index in [-0.39, 0.29) is 5.41 Å². The number of aryl methyl sites for hydroxylation is 2. The molecule has 0 amide bonds. The zero-order valence-corrected chi connectivity index (χ0v) is 14.4. The molecule has 1 N–H and O–H groups in total. The van der Waals surface area contributed by atoms with Crippen LogP contribution in [0.4, 0.5) is 5.82 Å². The lowest BCUT2D eigenvalue weighted by Crippen LogP contribution is -2.40. The molecule has 0 atom stereocenters. The van der Waals surface area contributed by atoms with E-state index in [1.165, 1.54) is 5.56 Å². The van der Waals surface area contributed by atoms with E-state index in [1.807, 2.05) is 26.0 Å². The molecule has 0 saturated carbocycles. The third kappa shape index (κ3) is 3.48. The zero-order chi connectivity index (χ0) is 16.3. The summed E-state index contributed by atoms with van der Waals surface area (Å²) in [6.07, 6.45) is 3.68. The fourth-order valence-electron chi connectivity index (χ4n) is 3.15. The van der Waals surface area contributed by atoms with Gasteiger partial charge in [0, 0.05) is 36.4 Å². The first-order chi connectivity index (χ1) is 11.1. The molecule has 5 heteroatoms. The Morgan fingerprint density at radius 2 is 1.96 bits per heavy atom. The van der Waals surface area contributed by atoms with Gasteiger partial charge >= 0.3 is 0 Å². The fraction of sp³-hybridized carbons (Fsp3) is 0.444. The zero-order valence-electron chi connectivity index (χ0n) is 13.6. The summed E-state index contributed by atoms with van der Waals surface area (Å²) in [5, 5.41) is 4.32. The summed E-state index contributed by atoms with van der Waals surface area (Å²) < 4.78 is 5.58. The van der Waals surface area contributed by atoms with Gasteiger partial charge in [-0.05, 0) is 38.3 Å². The van der Waals surface area contributed by atoms with Crippen molar-refractivity contribution in [1.82, 2.24) is 9.97 Å². The molecule has 1 aromatic carbocycles. The Morgan fingerprint density at radius 3 is 2.70 bits per heavy atom. The maximum atomic E-state index is 6.49. The second-order valence-electron chi connectivity index (χ2n) is 6.17. The first kappa shape index (κ1) is 16.2. The van der Waals surface area contributed by atoms with Gasteiger partial charge in [0.15, 0.2) is 0 Å². The lowest BCUT2D eigenvalue weighted by atomic mass is 9.74. The van der Waals surface area contributed by atoms with E-state index >= 15 is 0 Å². The maximum absolute atomic E-state index is 6.49. The molecule has 0 unspecified atom stereocenters. The summed E-state index contributed by atoms with van der Waals surface area (Å²) in [5.74, 6) is 0.850. The molecule has 0 radical (unpaired) electrons. The standard InChI is InChI=1S/C18H22ClN3O/c1-13-11-20-14(2)17(22-13)21-12-18(7-9-23-10-8-18)15-5-3-4-6-16(15)19/h3-6,11H,7-10,12H2,1-2H3,(H,21,22). The summed E-state index contributed by atoms with van der Waals surface area (Å²) in [6, 6.07) is 8.12. The van der Waals surface area contributed by atoms with E-state index in [2.05, 4.69) is 27.4 Å². The molecule has 0 aliphatic carbocycles. The number of aromatic nitrogens is 2. The van der Waals surface area contributed by atoms with Gasteiger partial charge in [-0.15, -0.1) is 0 Å². The molecule has 1 fully saturated rings. The largest absolute Gasteiger partial charge is 0.381 e. The second-order valence-corrected chi connectivity index (χ2v) is 6.58. The van der Waals surface area contributed by atoms with Crippen LogP contribution in [0.1, 0.15) is 29.8 Å². The third-order valence-corrected chi connectivity index (χ3v) is 4.89. The Balaban J connectivity index is 1.88. The molecule has 2 heterocycles. The van der Waals surface area contributed by atoms with Crippen molar-refractivity contribution in [2.24, 2.45) is 0 Å². The van der Waals surface area contributed by atoms with Crippen LogP contribution in [0, 0.1) is 13.8 Å². The van der Waals surface area contributed by atoms with Crippen LogP contribution in [0.3, 0.4) is 0 Å². The number of hydrogen-bond acceptors (Lipinski definition) is 4. The van der Waals surface area contributed by atoms with Gasteiger partial charge in [0.05, 0.1) is 11.4 Å². The van der Waals surface area contributed by atoms with E-state index in [0.717, 1.165) is 54.8 Å². The lowest BCUT2D eigenvalue weighted by molar-refractivity contribution is 0.0544. The van der Waals surface area contributed by atoms with Gasteiger partial charge in [-0.1, -0.05) is 29.8 Å². The Labute approximate surface area is 142 Å². The van der Waals surface area contributed by atoms with E-state index < -0.39 is 0 Å². The number of hydrogen-bond donors (Lipinski definition) is 1. The lowest BCUT2D eigenvalue weighted by Gasteiger charge is -2.38. The molecule has 0 spiro atoms. The Hall–Kier alpha value is -1.65. The van der Waals surface area contributed by atoms with Crippen molar-refractivity contribution in [2.75, 3.05) is 25.1 Å². The summed E-state index contributed by atoms with van der Waals surface area (Å²) >= 11 is 6.49. The number of rotatable bonds is 4. The Kier molecular flexibility index (Phi) is 4.83. The van der Waals surface area contributed by atoms with Crippen LogP contribution >= 0.6 is 11.6 Å². The summed E-state index contributed by atoms with van der Waals surface area (Å²) in [4.78, 5) is 8.95. The first-order valence-corrected chi connectivity index (χ1v) is 8.35. The number of halogens is 1. The van der Waals surface area contributed by atoms with Crippen LogP contribution < -0.4 is 5.32 Å². The monoisotopic (exact) mass is 331 g/mol. The molecule has 2 aromatic rings. The van der Waals surface area contributed by atoms with Crippen molar-refractivity contribution >= 4 is 17.4 Å². The normalized spacial score (nSPS) is 17.0. The molecule has 4 nitrogen and oxygen atoms in total. The fourth-order valence-corrected chi connectivity index (χ4v) is 3.49. The van der Waals surface area contributed by atoms with E-state index in [9.17, 15) is 0 Å². The molecule has 122 valence electrons. The van der Waals surface area contributed by atoms with Crippen molar-refractivity contribution in [3.05, 3.63) is 52.4 Å². The molecule has 23 heavy (non-hydrogen) atoms. The molecule has 1 aliphatic rings. The van der Waals surface area contributed by atoms with E-state index in [0.29, 0.717) is 0 Å². The van der Waals surface area contributed by atoms with Gasteiger partial charge in [-0.25, -0.2) is 4.98 Å². The van der Waals surface area contributed by atoms with Crippen LogP contribution in [0.15, 0.2) is 30.5 Å². The number of benzene rings is 1. The van der Waals surface area contributed by atoms with Gasteiger partial charge in [0.1, 0.15) is 5.82 Å². The third-order valence-electron chi connectivity index (χ3n) is 4.57. The second kappa shape index (κ2) is 6.85. The van der Waals surface area contributed by atoms with Gasteiger partial charge in [-0.3, -0.25) is 4.98 Å². The highest BCUT2D eigenvalue weighted by Gasteiger charge is 2.36. The smallest absolute Gasteiger partial charge is 0.147 e. The number of anilines is 1. The topological polar surface area (TPSA) is 47.0 Å². The van der Waals surface area contributed by atoms with Crippen molar-refractivity contribution in [3.63, 3.8) is 0 Å². The van der Waals surface area contributed by atoms with Crippen LogP contribution in [-0.2, 0) is 10.2 Å². The summed E-state index contributed by atoms with van der Waals surface area (Å²) in [6.45, 7) is 6.21. The minimum Gasteiger partial charge on any atom is -0.381 e. The molecule has 1 saturated heterocycles. The van der Waals surface area contributed by atoms with Crippen molar-refractivity contribution in [3.8, 4) is 0 Å². The van der Waals surface area contributed by atoms with Gasteiger partial charge in [-0.2, -0.15) is 0 Å².